The second-order valence-corrected chi connectivity index (χ2v) is 9.82. The van der Waals surface area contributed by atoms with Crippen LogP contribution in [0.1, 0.15) is 11.1 Å². The molecule has 0 radical (unpaired) electrons. The highest BCUT2D eigenvalue weighted by atomic mass is 32.2. The number of carbonyl (C=O) groups excluding carboxylic acids is 1. The van der Waals surface area contributed by atoms with Crippen molar-refractivity contribution in [1.82, 2.24) is 4.90 Å². The van der Waals surface area contributed by atoms with Gasteiger partial charge < -0.3 is 19.1 Å². The van der Waals surface area contributed by atoms with E-state index in [0.29, 0.717) is 23.8 Å². The van der Waals surface area contributed by atoms with Crippen LogP contribution in [-0.4, -0.2) is 54.1 Å². The van der Waals surface area contributed by atoms with Crippen LogP contribution in [0.5, 0.6) is 17.2 Å². The molecule has 3 rings (SSSR count). The Morgan fingerprint density at radius 3 is 2.03 bits per heavy atom. The summed E-state index contributed by atoms with van der Waals surface area (Å²) < 4.78 is 44.2. The van der Waals surface area contributed by atoms with Crippen molar-refractivity contribution in [1.29, 1.82) is 0 Å². The number of amides is 1. The normalized spacial score (nSPS) is 11.0. The highest BCUT2D eigenvalue weighted by Gasteiger charge is 2.29. The third-order valence-electron chi connectivity index (χ3n) is 5.55. The second kappa shape index (κ2) is 11.1. The quantitative estimate of drug-likeness (QED) is 0.422. The zero-order valence-electron chi connectivity index (χ0n) is 20.5. The van der Waals surface area contributed by atoms with Crippen molar-refractivity contribution in [3.8, 4) is 17.2 Å². The van der Waals surface area contributed by atoms with Gasteiger partial charge >= 0.3 is 0 Å². The first kappa shape index (κ1) is 25.9. The molecule has 9 heteroatoms. The topological polar surface area (TPSA) is 85.4 Å². The van der Waals surface area contributed by atoms with Gasteiger partial charge in [0, 0.05) is 19.7 Å². The zero-order chi connectivity index (χ0) is 25.6. The highest BCUT2D eigenvalue weighted by Crippen LogP contribution is 2.34. The Morgan fingerprint density at radius 2 is 1.46 bits per heavy atom. The number of benzene rings is 3. The third kappa shape index (κ3) is 6.05. The molecule has 0 aliphatic carbocycles. The third-order valence-corrected chi connectivity index (χ3v) is 7.34. The average molecular weight is 499 g/mol. The lowest BCUT2D eigenvalue weighted by Gasteiger charge is -2.27. The summed E-state index contributed by atoms with van der Waals surface area (Å²) >= 11 is 0. The fraction of sp³-hybridized carbons (Fsp3) is 0.269. The van der Waals surface area contributed by atoms with Gasteiger partial charge in [-0.2, -0.15) is 0 Å². The number of ether oxygens (including phenoxy) is 3. The predicted molar refractivity (Wildman–Crippen MR) is 135 cm³/mol. The van der Waals surface area contributed by atoms with Crippen molar-refractivity contribution < 1.29 is 27.4 Å². The van der Waals surface area contributed by atoms with E-state index in [-0.39, 0.29) is 16.5 Å². The minimum Gasteiger partial charge on any atom is -0.497 e. The van der Waals surface area contributed by atoms with E-state index in [2.05, 4.69) is 0 Å². The van der Waals surface area contributed by atoms with Gasteiger partial charge in [0.1, 0.15) is 12.3 Å². The Bertz CT molecular complexity index is 1260. The van der Waals surface area contributed by atoms with E-state index in [4.69, 9.17) is 14.2 Å². The fourth-order valence-corrected chi connectivity index (χ4v) is 4.88. The molecule has 0 bridgehead atoms. The molecule has 3 aromatic carbocycles. The lowest BCUT2D eigenvalue weighted by atomic mass is 10.2. The number of anilines is 1. The minimum absolute atomic E-state index is 0.0866. The van der Waals surface area contributed by atoms with Crippen LogP contribution in [0.2, 0.25) is 0 Å². The molecule has 0 aliphatic rings. The molecule has 8 nitrogen and oxygen atoms in total. The van der Waals surface area contributed by atoms with Crippen molar-refractivity contribution >= 4 is 21.6 Å². The van der Waals surface area contributed by atoms with Crippen LogP contribution in [0.3, 0.4) is 0 Å². The van der Waals surface area contributed by atoms with Crippen molar-refractivity contribution in [3.63, 3.8) is 0 Å². The first-order valence-electron chi connectivity index (χ1n) is 10.9. The molecule has 0 aliphatic heterocycles. The van der Waals surface area contributed by atoms with Crippen molar-refractivity contribution in [2.75, 3.05) is 39.2 Å². The summed E-state index contributed by atoms with van der Waals surface area (Å²) in [4.78, 5) is 14.8. The first-order valence-corrected chi connectivity index (χ1v) is 12.3. The highest BCUT2D eigenvalue weighted by molar-refractivity contribution is 7.92. The van der Waals surface area contributed by atoms with Crippen LogP contribution in [0, 0.1) is 6.92 Å². The Labute approximate surface area is 206 Å². The molecule has 0 saturated carbocycles. The van der Waals surface area contributed by atoms with Crippen molar-refractivity contribution in [2.45, 2.75) is 18.4 Å². The molecule has 0 saturated heterocycles. The summed E-state index contributed by atoms with van der Waals surface area (Å²) in [6.07, 6.45) is 0. The summed E-state index contributed by atoms with van der Waals surface area (Å²) in [5, 5.41) is 0. The van der Waals surface area contributed by atoms with E-state index in [0.717, 1.165) is 15.4 Å². The number of hydrogen-bond acceptors (Lipinski definition) is 6. The molecule has 0 N–H and O–H groups in total. The number of hydrogen-bond donors (Lipinski definition) is 0. The number of methoxy groups -OCH3 is 3. The van der Waals surface area contributed by atoms with Gasteiger partial charge in [0.05, 0.1) is 31.9 Å². The molecule has 35 heavy (non-hydrogen) atoms. The Kier molecular flexibility index (Phi) is 8.24. The van der Waals surface area contributed by atoms with E-state index in [1.165, 1.54) is 31.3 Å². The van der Waals surface area contributed by atoms with Gasteiger partial charge in [0.15, 0.2) is 11.5 Å². The van der Waals surface area contributed by atoms with Gasteiger partial charge in [-0.05, 0) is 48.9 Å². The molecular formula is C26H30N2O6S. The van der Waals surface area contributed by atoms with Crippen molar-refractivity contribution in [3.05, 3.63) is 77.9 Å². The standard InChI is InChI=1S/C26H30N2O6S/c1-19-6-13-23(14-7-19)35(30,31)28(21-10-15-24(33-4)25(16-21)34-5)18-26(29)27(2)17-20-8-11-22(32-3)12-9-20/h6-16H,17-18H2,1-5H3. The van der Waals surface area contributed by atoms with Crippen LogP contribution in [0.25, 0.3) is 0 Å². The summed E-state index contributed by atoms with van der Waals surface area (Å²) in [5.74, 6) is 1.15. The predicted octanol–water partition coefficient (Wildman–Crippen LogP) is 3.87. The molecule has 0 heterocycles. The summed E-state index contributed by atoms with van der Waals surface area (Å²) in [6, 6.07) is 18.6. The number of carbonyl (C=O) groups is 1. The fourth-order valence-electron chi connectivity index (χ4n) is 3.47. The number of sulfonamides is 1. The smallest absolute Gasteiger partial charge is 0.264 e. The lowest BCUT2D eigenvalue weighted by molar-refractivity contribution is -0.128. The van der Waals surface area contributed by atoms with Crippen molar-refractivity contribution in [2.24, 2.45) is 0 Å². The van der Waals surface area contributed by atoms with Gasteiger partial charge in [-0.15, -0.1) is 0 Å². The lowest BCUT2D eigenvalue weighted by Crippen LogP contribution is -2.41. The maximum atomic E-state index is 13.7. The molecule has 0 atom stereocenters. The number of aryl methyl sites for hydroxylation is 1. The maximum Gasteiger partial charge on any atom is 0.264 e. The van der Waals surface area contributed by atoms with E-state index in [1.54, 1.807) is 44.5 Å². The molecule has 0 unspecified atom stereocenters. The monoisotopic (exact) mass is 498 g/mol. The zero-order valence-corrected chi connectivity index (χ0v) is 21.3. The molecule has 3 aromatic rings. The molecule has 0 aromatic heterocycles. The Hall–Kier alpha value is -3.72. The maximum absolute atomic E-state index is 13.7. The van der Waals surface area contributed by atoms with Gasteiger partial charge in [-0.25, -0.2) is 8.42 Å². The van der Waals surface area contributed by atoms with Gasteiger partial charge in [-0.1, -0.05) is 29.8 Å². The second-order valence-electron chi connectivity index (χ2n) is 7.96. The Morgan fingerprint density at radius 1 is 0.829 bits per heavy atom. The van der Waals surface area contributed by atoms with Gasteiger partial charge in [0.2, 0.25) is 5.91 Å². The molecule has 0 fully saturated rings. The van der Waals surface area contributed by atoms with E-state index in [1.807, 2.05) is 31.2 Å². The van der Waals surface area contributed by atoms with Crippen LogP contribution in [-0.2, 0) is 21.4 Å². The minimum atomic E-state index is -4.05. The largest absolute Gasteiger partial charge is 0.497 e. The molecular weight excluding hydrogens is 468 g/mol. The SMILES string of the molecule is COc1ccc(CN(C)C(=O)CN(c2ccc(OC)c(OC)c2)S(=O)(=O)c2ccc(C)cc2)cc1. The summed E-state index contributed by atoms with van der Waals surface area (Å²) in [5.41, 5.74) is 2.10. The van der Waals surface area contributed by atoms with Crippen LogP contribution in [0.4, 0.5) is 5.69 Å². The molecule has 186 valence electrons. The van der Waals surface area contributed by atoms with Crippen LogP contribution >= 0.6 is 0 Å². The number of nitrogens with zero attached hydrogens (tertiary/aromatic N) is 2. The summed E-state index contributed by atoms with van der Waals surface area (Å²) in [7, 11) is 2.13. The first-order chi connectivity index (χ1) is 16.7. The van der Waals surface area contributed by atoms with E-state index < -0.39 is 16.6 Å². The number of likely N-dealkylation sites (N-methyl/N-ethyl adjacent to an activating group) is 1. The van der Waals surface area contributed by atoms with Crippen LogP contribution < -0.4 is 18.5 Å². The van der Waals surface area contributed by atoms with Gasteiger partial charge in [-0.3, -0.25) is 9.10 Å². The average Bonchev–Trinajstić information content (AvgIpc) is 2.87. The Balaban J connectivity index is 1.94. The number of rotatable bonds is 10. The van der Waals surface area contributed by atoms with Crippen LogP contribution in [0.15, 0.2) is 71.6 Å². The summed E-state index contributed by atoms with van der Waals surface area (Å²) in [6.45, 7) is 1.80. The van der Waals surface area contributed by atoms with E-state index in [9.17, 15) is 13.2 Å². The molecule has 1 amide bonds. The van der Waals surface area contributed by atoms with Gasteiger partial charge in [0.25, 0.3) is 10.0 Å². The molecule has 0 spiro atoms. The van der Waals surface area contributed by atoms with E-state index >= 15 is 0 Å².